The molecule has 0 amide bonds. The third-order valence-electron chi connectivity index (χ3n) is 14.4. The molecule has 0 spiro atoms. The normalized spacial score (nSPS) is 15.3. The number of rotatable bonds is 7. The highest BCUT2D eigenvalue weighted by molar-refractivity contribution is 6.10. The minimum atomic E-state index is -0.541. The standard InChI is InChI=1S/C63H43NO/c1-62(43-21-5-2-6-22-43)54-33-14-11-28-49(54)50-39-38-47(41-57(50)62)64(46-27-17-20-42(40-46)48-31-18-32-52-51-29-13-16-37-59(51)65-61(48)52)58-36-19-35-56-60(58)53-30-12-15-34-55(53)63(56,44-23-7-3-8-24-44)45-25-9-4-10-26-45/h2-41H,1H3. The average molecular weight is 830 g/mol. The zero-order valence-electron chi connectivity index (χ0n) is 35.9. The second-order valence-electron chi connectivity index (χ2n) is 17.7. The minimum Gasteiger partial charge on any atom is -0.455 e. The van der Waals surface area contributed by atoms with Gasteiger partial charge in [-0.1, -0.05) is 206 Å². The SMILES string of the molecule is CC1(c2ccccc2)c2ccccc2-c2ccc(N(c3cccc(-c4cccc5c4oc4ccccc45)c3)c3cccc4c3-c3ccccc3C4(c3ccccc3)c3ccccc3)cc21. The summed E-state index contributed by atoms with van der Waals surface area (Å²) in [6.45, 7) is 2.40. The van der Waals surface area contributed by atoms with Crippen molar-refractivity contribution >= 4 is 39.0 Å². The van der Waals surface area contributed by atoms with Crippen LogP contribution < -0.4 is 4.90 Å². The van der Waals surface area contributed by atoms with E-state index in [0.717, 1.165) is 50.1 Å². The molecule has 2 nitrogen and oxygen atoms in total. The van der Waals surface area contributed by atoms with Crippen molar-refractivity contribution in [1.29, 1.82) is 0 Å². The average Bonchev–Trinajstić information content (AvgIpc) is 4.00. The van der Waals surface area contributed by atoms with Crippen LogP contribution in [0.5, 0.6) is 0 Å². The quantitative estimate of drug-likeness (QED) is 0.159. The summed E-state index contributed by atoms with van der Waals surface area (Å²) in [5, 5.41) is 2.25. The molecule has 1 heterocycles. The molecule has 1 unspecified atom stereocenters. The summed E-state index contributed by atoms with van der Waals surface area (Å²) < 4.78 is 6.65. The number of benzene rings is 10. The molecule has 0 radical (unpaired) electrons. The Morgan fingerprint density at radius 1 is 0.369 bits per heavy atom. The summed E-state index contributed by atoms with van der Waals surface area (Å²) >= 11 is 0. The number of hydrogen-bond donors (Lipinski definition) is 0. The summed E-state index contributed by atoms with van der Waals surface area (Å²) in [5.41, 5.74) is 20.3. The molecule has 0 fully saturated rings. The Bertz CT molecular complexity index is 3580. The summed E-state index contributed by atoms with van der Waals surface area (Å²) in [6, 6.07) is 89.2. The van der Waals surface area contributed by atoms with Crippen molar-refractivity contribution in [3.8, 4) is 33.4 Å². The Morgan fingerprint density at radius 3 is 1.69 bits per heavy atom. The first-order chi connectivity index (χ1) is 32.1. The van der Waals surface area contributed by atoms with E-state index in [0.29, 0.717) is 0 Å². The van der Waals surface area contributed by atoms with Crippen molar-refractivity contribution < 1.29 is 4.42 Å². The molecule has 13 rings (SSSR count). The van der Waals surface area contributed by atoms with Gasteiger partial charge < -0.3 is 9.32 Å². The Morgan fingerprint density at radius 2 is 0.923 bits per heavy atom. The number of anilines is 3. The van der Waals surface area contributed by atoms with Crippen molar-refractivity contribution in [2.45, 2.75) is 17.8 Å². The van der Waals surface area contributed by atoms with Gasteiger partial charge in [-0.05, 0) is 105 Å². The highest BCUT2D eigenvalue weighted by Gasteiger charge is 2.47. The molecule has 0 N–H and O–H groups in total. The van der Waals surface area contributed by atoms with Crippen LogP contribution in [-0.2, 0) is 10.8 Å². The maximum Gasteiger partial charge on any atom is 0.143 e. The van der Waals surface area contributed by atoms with Crippen LogP contribution >= 0.6 is 0 Å². The van der Waals surface area contributed by atoms with Crippen molar-refractivity contribution in [1.82, 2.24) is 0 Å². The fourth-order valence-electron chi connectivity index (χ4n) is 11.6. The van der Waals surface area contributed by atoms with Crippen LogP contribution in [0.15, 0.2) is 247 Å². The Balaban J connectivity index is 1.10. The Kier molecular flexibility index (Phi) is 8.29. The van der Waals surface area contributed by atoms with Gasteiger partial charge in [-0.25, -0.2) is 0 Å². The minimum absolute atomic E-state index is 0.366. The highest BCUT2D eigenvalue weighted by atomic mass is 16.3. The molecular weight excluding hydrogens is 787 g/mol. The van der Waals surface area contributed by atoms with Gasteiger partial charge in [0.1, 0.15) is 11.2 Å². The second kappa shape index (κ2) is 14.4. The van der Waals surface area contributed by atoms with Crippen LogP contribution in [-0.4, -0.2) is 0 Å². The maximum absolute atomic E-state index is 6.65. The van der Waals surface area contributed by atoms with Gasteiger partial charge in [0.05, 0.1) is 11.1 Å². The molecule has 2 aliphatic carbocycles. The van der Waals surface area contributed by atoms with Crippen molar-refractivity contribution in [2.24, 2.45) is 0 Å². The number of hydrogen-bond acceptors (Lipinski definition) is 2. The van der Waals surface area contributed by atoms with Crippen molar-refractivity contribution in [3.05, 3.63) is 282 Å². The molecule has 65 heavy (non-hydrogen) atoms. The van der Waals surface area contributed by atoms with E-state index in [2.05, 4.69) is 248 Å². The van der Waals surface area contributed by atoms with Gasteiger partial charge in [0.15, 0.2) is 0 Å². The van der Waals surface area contributed by atoms with Gasteiger partial charge in [-0.15, -0.1) is 0 Å². The predicted molar refractivity (Wildman–Crippen MR) is 269 cm³/mol. The van der Waals surface area contributed by atoms with Crippen molar-refractivity contribution in [2.75, 3.05) is 4.90 Å². The largest absolute Gasteiger partial charge is 0.455 e. The molecule has 11 aromatic rings. The molecule has 0 saturated heterocycles. The summed E-state index contributed by atoms with van der Waals surface area (Å²) in [6.07, 6.45) is 0. The molecule has 0 saturated carbocycles. The first-order valence-electron chi connectivity index (χ1n) is 22.6. The van der Waals surface area contributed by atoms with Gasteiger partial charge >= 0.3 is 0 Å². The maximum atomic E-state index is 6.65. The van der Waals surface area contributed by atoms with Crippen LogP contribution in [0.25, 0.3) is 55.3 Å². The van der Waals surface area contributed by atoms with E-state index in [9.17, 15) is 0 Å². The van der Waals surface area contributed by atoms with E-state index in [1.54, 1.807) is 0 Å². The van der Waals surface area contributed by atoms with Gasteiger partial charge in [0.2, 0.25) is 0 Å². The van der Waals surface area contributed by atoms with Crippen LogP contribution in [0.2, 0.25) is 0 Å². The van der Waals surface area contributed by atoms with E-state index in [-0.39, 0.29) is 5.41 Å². The topological polar surface area (TPSA) is 16.4 Å². The van der Waals surface area contributed by atoms with Crippen LogP contribution in [0.1, 0.15) is 45.9 Å². The van der Waals surface area contributed by atoms with Crippen LogP contribution in [0.4, 0.5) is 17.1 Å². The van der Waals surface area contributed by atoms with Crippen LogP contribution in [0, 0.1) is 0 Å². The smallest absolute Gasteiger partial charge is 0.143 e. The van der Waals surface area contributed by atoms with Gasteiger partial charge in [-0.2, -0.15) is 0 Å². The lowest BCUT2D eigenvalue weighted by Gasteiger charge is -2.34. The number of furan rings is 1. The van der Waals surface area contributed by atoms with Crippen LogP contribution in [0.3, 0.4) is 0 Å². The van der Waals surface area contributed by atoms with E-state index in [1.807, 2.05) is 6.07 Å². The fourth-order valence-corrected chi connectivity index (χ4v) is 11.6. The lowest BCUT2D eigenvalue weighted by atomic mass is 9.68. The fraction of sp³-hybridized carbons (Fsp3) is 0.0476. The predicted octanol–water partition coefficient (Wildman–Crippen LogP) is 16.4. The van der Waals surface area contributed by atoms with Gasteiger partial charge in [-0.3, -0.25) is 0 Å². The Labute approximate surface area is 379 Å². The van der Waals surface area contributed by atoms with Gasteiger partial charge in [0, 0.05) is 38.7 Å². The third kappa shape index (κ3) is 5.35. The molecule has 1 atom stereocenters. The van der Waals surface area contributed by atoms with Crippen molar-refractivity contribution in [3.63, 3.8) is 0 Å². The number of nitrogens with zero attached hydrogens (tertiary/aromatic N) is 1. The first kappa shape index (κ1) is 37.4. The summed E-state index contributed by atoms with van der Waals surface area (Å²) in [4.78, 5) is 2.51. The van der Waals surface area contributed by atoms with E-state index in [1.165, 1.54) is 61.2 Å². The lowest BCUT2D eigenvalue weighted by Crippen LogP contribution is -2.28. The van der Waals surface area contributed by atoms with E-state index >= 15 is 0 Å². The number of fused-ring (bicyclic) bond motifs is 9. The molecule has 2 aliphatic rings. The zero-order valence-corrected chi connectivity index (χ0v) is 35.9. The summed E-state index contributed by atoms with van der Waals surface area (Å²) in [7, 11) is 0. The monoisotopic (exact) mass is 829 g/mol. The molecule has 1 aromatic heterocycles. The van der Waals surface area contributed by atoms with E-state index in [4.69, 9.17) is 4.42 Å². The molecule has 306 valence electrons. The summed E-state index contributed by atoms with van der Waals surface area (Å²) in [5.74, 6) is 0. The molecule has 0 bridgehead atoms. The number of para-hydroxylation sites is 2. The van der Waals surface area contributed by atoms with Gasteiger partial charge in [0.25, 0.3) is 0 Å². The Hall–Kier alpha value is -8.20. The van der Waals surface area contributed by atoms with E-state index < -0.39 is 5.41 Å². The second-order valence-corrected chi connectivity index (χ2v) is 17.7. The first-order valence-corrected chi connectivity index (χ1v) is 22.6. The molecule has 0 aliphatic heterocycles. The lowest BCUT2D eigenvalue weighted by molar-refractivity contribution is 0.670. The zero-order chi connectivity index (χ0) is 43.1. The molecule has 10 aromatic carbocycles. The molecular formula is C63H43NO. The molecule has 2 heteroatoms. The highest BCUT2D eigenvalue weighted by Crippen LogP contribution is 2.60. The third-order valence-corrected chi connectivity index (χ3v) is 14.4.